The van der Waals surface area contributed by atoms with Gasteiger partial charge in [-0.3, -0.25) is 13.9 Å². The van der Waals surface area contributed by atoms with Crippen LogP contribution in [-0.2, 0) is 26.2 Å². The van der Waals surface area contributed by atoms with Gasteiger partial charge in [-0.25, -0.2) is 12.8 Å². The van der Waals surface area contributed by atoms with Crippen LogP contribution in [0.2, 0.25) is 5.02 Å². The standard InChI is InChI=1S/C29H33ClFN3O5S/c1-20(2)17-32-29(36)21(3)33(18-22-8-5-6-11-27(22)31)28(35)19-34(24-10-7-9-23(30)16-24)40(37,38)26-14-12-25(39-4)13-15-26/h5-16,20-21H,17-19H2,1-4H3,(H,32,36)/t21-/m0/s1. The molecular formula is C29H33ClFN3O5S. The average molecular weight is 590 g/mol. The quantitative estimate of drug-likeness (QED) is 0.325. The molecule has 3 rings (SSSR count). The first kappa shape index (κ1) is 30.9. The largest absolute Gasteiger partial charge is 0.497 e. The number of amides is 2. The number of sulfonamides is 1. The number of hydrogen-bond donors (Lipinski definition) is 1. The summed E-state index contributed by atoms with van der Waals surface area (Å²) in [6.07, 6.45) is 0. The van der Waals surface area contributed by atoms with Crippen LogP contribution in [0, 0.1) is 11.7 Å². The summed E-state index contributed by atoms with van der Waals surface area (Å²) >= 11 is 6.17. The Morgan fingerprint density at radius 1 is 1.00 bits per heavy atom. The molecule has 2 amide bonds. The second-order valence-electron chi connectivity index (χ2n) is 9.60. The van der Waals surface area contributed by atoms with E-state index in [0.717, 1.165) is 4.31 Å². The molecule has 3 aromatic carbocycles. The van der Waals surface area contributed by atoms with E-state index in [-0.39, 0.29) is 33.6 Å². The molecule has 0 aliphatic rings. The zero-order valence-electron chi connectivity index (χ0n) is 22.8. The van der Waals surface area contributed by atoms with E-state index < -0.39 is 40.2 Å². The van der Waals surface area contributed by atoms with Gasteiger partial charge in [-0.1, -0.05) is 49.7 Å². The number of methoxy groups -OCH3 is 1. The topological polar surface area (TPSA) is 96.0 Å². The molecule has 0 bridgehead atoms. The summed E-state index contributed by atoms with van der Waals surface area (Å²) < 4.78 is 48.3. The third-order valence-corrected chi connectivity index (χ3v) is 8.20. The van der Waals surface area contributed by atoms with E-state index in [1.165, 1.54) is 73.5 Å². The SMILES string of the molecule is COc1ccc(S(=O)(=O)N(CC(=O)N(Cc2ccccc2F)[C@@H](C)C(=O)NCC(C)C)c2cccc(Cl)c2)cc1. The molecule has 8 nitrogen and oxygen atoms in total. The summed E-state index contributed by atoms with van der Waals surface area (Å²) in [5, 5.41) is 3.06. The van der Waals surface area contributed by atoms with Crippen molar-refractivity contribution in [2.45, 2.75) is 38.3 Å². The first-order chi connectivity index (χ1) is 18.9. The van der Waals surface area contributed by atoms with Gasteiger partial charge in [0.1, 0.15) is 24.2 Å². The van der Waals surface area contributed by atoms with Crippen molar-refractivity contribution in [1.29, 1.82) is 0 Å². The van der Waals surface area contributed by atoms with Crippen molar-refractivity contribution in [2.24, 2.45) is 5.92 Å². The van der Waals surface area contributed by atoms with Crippen LogP contribution in [0.15, 0.2) is 77.7 Å². The molecule has 3 aromatic rings. The lowest BCUT2D eigenvalue weighted by Crippen LogP contribution is -2.51. The number of ether oxygens (including phenoxy) is 1. The van der Waals surface area contributed by atoms with Crippen molar-refractivity contribution in [2.75, 3.05) is 24.5 Å². The lowest BCUT2D eigenvalue weighted by atomic mass is 10.1. The number of halogens is 2. The fourth-order valence-electron chi connectivity index (χ4n) is 3.88. The highest BCUT2D eigenvalue weighted by Gasteiger charge is 2.33. The van der Waals surface area contributed by atoms with Crippen molar-refractivity contribution in [3.63, 3.8) is 0 Å². The lowest BCUT2D eigenvalue weighted by Gasteiger charge is -2.32. The van der Waals surface area contributed by atoms with Gasteiger partial charge in [-0.2, -0.15) is 0 Å². The molecule has 40 heavy (non-hydrogen) atoms. The summed E-state index contributed by atoms with van der Waals surface area (Å²) in [6, 6.07) is 16.7. The Balaban J connectivity index is 2.03. The molecule has 0 saturated carbocycles. The Morgan fingerprint density at radius 3 is 2.27 bits per heavy atom. The van der Waals surface area contributed by atoms with Gasteiger partial charge in [0.2, 0.25) is 11.8 Å². The predicted molar refractivity (Wildman–Crippen MR) is 153 cm³/mol. The average Bonchev–Trinajstić information content (AvgIpc) is 2.93. The van der Waals surface area contributed by atoms with E-state index in [1.807, 2.05) is 13.8 Å². The van der Waals surface area contributed by atoms with Crippen molar-refractivity contribution in [1.82, 2.24) is 10.2 Å². The summed E-state index contributed by atoms with van der Waals surface area (Å²) in [6.45, 7) is 4.86. The fraction of sp³-hybridized carbons (Fsp3) is 0.310. The minimum Gasteiger partial charge on any atom is -0.497 e. The molecule has 11 heteroatoms. The van der Waals surface area contributed by atoms with Crippen LogP contribution in [0.4, 0.5) is 10.1 Å². The maximum absolute atomic E-state index is 14.6. The van der Waals surface area contributed by atoms with Crippen molar-refractivity contribution in [3.05, 3.63) is 89.2 Å². The lowest BCUT2D eigenvalue weighted by molar-refractivity contribution is -0.139. The molecule has 0 aliphatic heterocycles. The van der Waals surface area contributed by atoms with E-state index in [1.54, 1.807) is 18.2 Å². The Morgan fingerprint density at radius 2 is 1.68 bits per heavy atom. The van der Waals surface area contributed by atoms with Gasteiger partial charge in [0.05, 0.1) is 17.7 Å². The minimum atomic E-state index is -4.28. The molecule has 0 radical (unpaired) electrons. The van der Waals surface area contributed by atoms with E-state index in [2.05, 4.69) is 5.32 Å². The zero-order valence-corrected chi connectivity index (χ0v) is 24.4. The van der Waals surface area contributed by atoms with E-state index >= 15 is 0 Å². The van der Waals surface area contributed by atoms with E-state index in [4.69, 9.17) is 16.3 Å². The summed E-state index contributed by atoms with van der Waals surface area (Å²) in [5.41, 5.74) is 0.339. The smallest absolute Gasteiger partial charge is 0.264 e. The molecule has 0 heterocycles. The van der Waals surface area contributed by atoms with Crippen LogP contribution < -0.4 is 14.4 Å². The van der Waals surface area contributed by atoms with Crippen LogP contribution >= 0.6 is 11.6 Å². The van der Waals surface area contributed by atoms with Gasteiger partial charge in [0.25, 0.3) is 10.0 Å². The molecular weight excluding hydrogens is 557 g/mol. The van der Waals surface area contributed by atoms with Gasteiger partial charge in [0, 0.05) is 23.7 Å². The second-order valence-corrected chi connectivity index (χ2v) is 11.9. The van der Waals surface area contributed by atoms with Crippen molar-refractivity contribution >= 4 is 39.1 Å². The van der Waals surface area contributed by atoms with Crippen LogP contribution in [0.3, 0.4) is 0 Å². The Hall–Kier alpha value is -3.63. The van der Waals surface area contributed by atoms with Crippen LogP contribution in [0.25, 0.3) is 0 Å². The fourth-order valence-corrected chi connectivity index (χ4v) is 5.47. The van der Waals surface area contributed by atoms with E-state index in [0.29, 0.717) is 12.3 Å². The number of benzene rings is 3. The van der Waals surface area contributed by atoms with Crippen molar-refractivity contribution < 1.29 is 27.1 Å². The molecule has 0 aliphatic carbocycles. The predicted octanol–water partition coefficient (Wildman–Crippen LogP) is 4.87. The number of rotatable bonds is 12. The molecule has 0 aromatic heterocycles. The highest BCUT2D eigenvalue weighted by molar-refractivity contribution is 7.92. The molecule has 0 spiro atoms. The van der Waals surface area contributed by atoms with Crippen LogP contribution in [-0.4, -0.2) is 51.4 Å². The monoisotopic (exact) mass is 589 g/mol. The van der Waals surface area contributed by atoms with Gasteiger partial charge in [-0.05, 0) is 61.4 Å². The van der Waals surface area contributed by atoms with Crippen LogP contribution in [0.1, 0.15) is 26.3 Å². The number of nitrogens with one attached hydrogen (secondary N) is 1. The van der Waals surface area contributed by atoms with E-state index in [9.17, 15) is 22.4 Å². The first-order valence-corrected chi connectivity index (χ1v) is 14.5. The first-order valence-electron chi connectivity index (χ1n) is 12.7. The molecule has 1 N–H and O–H groups in total. The minimum absolute atomic E-state index is 0.0792. The summed E-state index contributed by atoms with van der Waals surface area (Å²) in [7, 11) is -2.81. The summed E-state index contributed by atoms with van der Waals surface area (Å²) in [4.78, 5) is 27.9. The van der Waals surface area contributed by atoms with Gasteiger partial charge >= 0.3 is 0 Å². The number of hydrogen-bond acceptors (Lipinski definition) is 5. The summed E-state index contributed by atoms with van der Waals surface area (Å²) in [5.74, 6) is -1.06. The molecule has 214 valence electrons. The van der Waals surface area contributed by atoms with Gasteiger partial charge in [-0.15, -0.1) is 0 Å². The second kappa shape index (κ2) is 13.6. The van der Waals surface area contributed by atoms with Crippen molar-refractivity contribution in [3.8, 4) is 5.75 Å². The zero-order chi connectivity index (χ0) is 29.4. The Kier molecular flexibility index (Phi) is 10.5. The number of carbonyl (C=O) groups excluding carboxylic acids is 2. The molecule has 0 unspecified atom stereocenters. The van der Waals surface area contributed by atoms with Crippen LogP contribution in [0.5, 0.6) is 5.75 Å². The Labute approximate surface area is 239 Å². The molecule has 0 saturated heterocycles. The Bertz CT molecular complexity index is 1430. The van der Waals surface area contributed by atoms with Gasteiger partial charge in [0.15, 0.2) is 0 Å². The number of carbonyl (C=O) groups is 2. The third kappa shape index (κ3) is 7.73. The normalized spacial score (nSPS) is 12.1. The highest BCUT2D eigenvalue weighted by Crippen LogP contribution is 2.28. The molecule has 1 atom stereocenters. The third-order valence-electron chi connectivity index (χ3n) is 6.17. The number of nitrogens with zero attached hydrogens (tertiary/aromatic N) is 2. The maximum Gasteiger partial charge on any atom is 0.264 e. The molecule has 0 fully saturated rings. The van der Waals surface area contributed by atoms with Gasteiger partial charge < -0.3 is 15.0 Å². The maximum atomic E-state index is 14.6. The highest BCUT2D eigenvalue weighted by atomic mass is 35.5. The number of anilines is 1.